The molecule has 32 heavy (non-hydrogen) atoms. The smallest absolute Gasteiger partial charge is 0.143 e. The van der Waals surface area contributed by atoms with Gasteiger partial charge in [-0.05, 0) is 35.9 Å². The fourth-order valence-corrected chi connectivity index (χ4v) is 4.97. The summed E-state index contributed by atoms with van der Waals surface area (Å²) in [5.41, 5.74) is 7.66. The predicted molar refractivity (Wildman–Crippen MR) is 133 cm³/mol. The van der Waals surface area contributed by atoms with E-state index in [1.165, 1.54) is 21.8 Å². The van der Waals surface area contributed by atoms with Gasteiger partial charge in [0.1, 0.15) is 11.2 Å². The van der Waals surface area contributed by atoms with E-state index in [-0.39, 0.29) is 0 Å². The zero-order valence-corrected chi connectivity index (χ0v) is 17.3. The second-order valence-corrected chi connectivity index (χ2v) is 8.20. The van der Waals surface area contributed by atoms with Crippen LogP contribution in [-0.4, -0.2) is 4.57 Å². The van der Waals surface area contributed by atoms with Crippen LogP contribution in [0.3, 0.4) is 0 Å². The molecule has 0 fully saturated rings. The van der Waals surface area contributed by atoms with E-state index in [1.807, 2.05) is 12.1 Å². The van der Waals surface area contributed by atoms with Crippen LogP contribution >= 0.6 is 0 Å². The molecule has 0 aliphatic carbocycles. The van der Waals surface area contributed by atoms with Gasteiger partial charge in [0.15, 0.2) is 0 Å². The van der Waals surface area contributed by atoms with E-state index in [9.17, 15) is 0 Å². The van der Waals surface area contributed by atoms with E-state index in [0.717, 1.165) is 38.8 Å². The van der Waals surface area contributed by atoms with Gasteiger partial charge in [-0.3, -0.25) is 0 Å². The first-order valence-corrected chi connectivity index (χ1v) is 10.9. The molecule has 7 aromatic rings. The van der Waals surface area contributed by atoms with Gasteiger partial charge in [0.25, 0.3) is 0 Å². The van der Waals surface area contributed by atoms with Crippen molar-refractivity contribution >= 4 is 43.7 Å². The fraction of sp³-hybridized carbons (Fsp3) is 0. The number of furan rings is 1. The summed E-state index contributed by atoms with van der Waals surface area (Å²) in [5.74, 6) is 0. The van der Waals surface area contributed by atoms with Crippen molar-refractivity contribution in [3.05, 3.63) is 115 Å². The van der Waals surface area contributed by atoms with E-state index in [4.69, 9.17) is 4.42 Å². The van der Waals surface area contributed by atoms with Crippen LogP contribution < -0.4 is 0 Å². The molecule has 0 unspecified atom stereocenters. The van der Waals surface area contributed by atoms with Crippen LogP contribution in [0.25, 0.3) is 60.6 Å². The third-order valence-corrected chi connectivity index (χ3v) is 6.39. The van der Waals surface area contributed by atoms with Crippen molar-refractivity contribution in [3.63, 3.8) is 0 Å². The summed E-state index contributed by atoms with van der Waals surface area (Å²) in [6.45, 7) is 0. The molecule has 0 spiro atoms. The summed E-state index contributed by atoms with van der Waals surface area (Å²) in [6, 6.07) is 40.6. The number of hydrogen-bond donors (Lipinski definition) is 0. The maximum Gasteiger partial charge on any atom is 0.143 e. The van der Waals surface area contributed by atoms with E-state index >= 15 is 0 Å². The Bertz CT molecular complexity index is 1720. The molecular weight excluding hydrogens is 390 g/mol. The zero-order valence-electron chi connectivity index (χ0n) is 17.3. The third-order valence-electron chi connectivity index (χ3n) is 6.39. The minimum absolute atomic E-state index is 0.916. The molecule has 0 saturated heterocycles. The van der Waals surface area contributed by atoms with Crippen molar-refractivity contribution in [2.24, 2.45) is 0 Å². The topological polar surface area (TPSA) is 18.1 Å². The van der Waals surface area contributed by atoms with Crippen molar-refractivity contribution in [2.75, 3.05) is 0 Å². The van der Waals surface area contributed by atoms with Gasteiger partial charge < -0.3 is 8.98 Å². The van der Waals surface area contributed by atoms with E-state index in [0.29, 0.717) is 0 Å². The maximum atomic E-state index is 6.38. The molecule has 0 atom stereocenters. The summed E-state index contributed by atoms with van der Waals surface area (Å²) in [4.78, 5) is 0. The molecule has 0 radical (unpaired) electrons. The lowest BCUT2D eigenvalue weighted by molar-refractivity contribution is 0.670. The number of nitrogens with zero attached hydrogens (tertiary/aromatic N) is 1. The molecule has 0 aliphatic rings. The summed E-state index contributed by atoms with van der Waals surface area (Å²) >= 11 is 0. The number of benzene rings is 5. The highest BCUT2D eigenvalue weighted by molar-refractivity contribution is 6.12. The van der Waals surface area contributed by atoms with Crippen molar-refractivity contribution in [1.82, 2.24) is 4.57 Å². The van der Waals surface area contributed by atoms with Gasteiger partial charge in [-0.15, -0.1) is 0 Å². The Hall–Kier alpha value is -4.30. The number of hydrogen-bond acceptors (Lipinski definition) is 1. The first-order chi connectivity index (χ1) is 15.9. The average molecular weight is 409 g/mol. The molecule has 0 saturated carbocycles. The lowest BCUT2D eigenvalue weighted by Crippen LogP contribution is -1.95. The molecule has 0 N–H and O–H groups in total. The van der Waals surface area contributed by atoms with Crippen molar-refractivity contribution in [3.8, 4) is 16.8 Å². The van der Waals surface area contributed by atoms with Gasteiger partial charge in [0.2, 0.25) is 0 Å². The summed E-state index contributed by atoms with van der Waals surface area (Å²) in [5, 5.41) is 4.81. The molecule has 5 aromatic carbocycles. The van der Waals surface area contributed by atoms with Gasteiger partial charge in [-0.25, -0.2) is 0 Å². The van der Waals surface area contributed by atoms with Crippen LogP contribution in [0, 0.1) is 0 Å². The molecule has 0 bridgehead atoms. The lowest BCUT2D eigenvalue weighted by Gasteiger charge is -2.11. The van der Waals surface area contributed by atoms with Crippen molar-refractivity contribution in [2.45, 2.75) is 0 Å². The van der Waals surface area contributed by atoms with E-state index < -0.39 is 0 Å². The molecular formula is C30H19NO. The number of aromatic nitrogens is 1. The minimum Gasteiger partial charge on any atom is -0.455 e. The first kappa shape index (κ1) is 17.4. The molecule has 0 amide bonds. The fourth-order valence-electron chi connectivity index (χ4n) is 4.97. The van der Waals surface area contributed by atoms with Gasteiger partial charge in [-0.2, -0.15) is 0 Å². The molecule has 2 nitrogen and oxygen atoms in total. The summed E-state index contributed by atoms with van der Waals surface area (Å²) < 4.78 is 8.75. The van der Waals surface area contributed by atoms with E-state index in [1.54, 1.807) is 0 Å². The highest BCUT2D eigenvalue weighted by atomic mass is 16.3. The molecule has 150 valence electrons. The predicted octanol–water partition coefficient (Wildman–Crippen LogP) is 8.35. The second kappa shape index (κ2) is 6.60. The maximum absolute atomic E-state index is 6.38. The number of para-hydroxylation sites is 3. The molecule has 0 aliphatic heterocycles. The number of fused-ring (bicyclic) bond motifs is 6. The van der Waals surface area contributed by atoms with Gasteiger partial charge >= 0.3 is 0 Å². The Morgan fingerprint density at radius 3 is 1.81 bits per heavy atom. The summed E-state index contributed by atoms with van der Waals surface area (Å²) in [6.07, 6.45) is 0. The normalized spacial score (nSPS) is 11.8. The average Bonchev–Trinajstić information content (AvgIpc) is 3.40. The third kappa shape index (κ3) is 2.41. The standard InChI is InChI=1S/C30H19NO/c1-2-10-20(11-3-1)25-18-21(19-26-24-14-6-9-17-29(24)32-30(25)26)31-27-15-7-4-12-22(27)23-13-5-8-16-28(23)31/h1-19H. The Labute approximate surface area is 184 Å². The van der Waals surface area contributed by atoms with Gasteiger partial charge in [0.05, 0.1) is 11.0 Å². The minimum atomic E-state index is 0.916. The SMILES string of the molecule is c1ccc(-c2cc(-n3c4ccccc4c4ccccc43)cc3c2oc2ccccc23)cc1. The number of rotatable bonds is 2. The zero-order chi connectivity index (χ0) is 21.1. The molecule has 2 aromatic heterocycles. The van der Waals surface area contributed by atoms with Crippen LogP contribution in [0.15, 0.2) is 120 Å². The first-order valence-electron chi connectivity index (χ1n) is 10.9. The monoisotopic (exact) mass is 409 g/mol. The van der Waals surface area contributed by atoms with Crippen LogP contribution in [0.5, 0.6) is 0 Å². The van der Waals surface area contributed by atoms with Crippen molar-refractivity contribution < 1.29 is 4.42 Å². The molecule has 2 heteroatoms. The Morgan fingerprint density at radius 1 is 0.500 bits per heavy atom. The Kier molecular flexibility index (Phi) is 3.58. The van der Waals surface area contributed by atoms with Crippen LogP contribution in [0.1, 0.15) is 0 Å². The largest absolute Gasteiger partial charge is 0.455 e. The van der Waals surface area contributed by atoms with Gasteiger partial charge in [-0.1, -0.05) is 84.9 Å². The van der Waals surface area contributed by atoms with Crippen molar-refractivity contribution in [1.29, 1.82) is 0 Å². The van der Waals surface area contributed by atoms with Crippen LogP contribution in [0.2, 0.25) is 0 Å². The Morgan fingerprint density at radius 2 is 1.09 bits per heavy atom. The second-order valence-electron chi connectivity index (χ2n) is 8.20. The highest BCUT2D eigenvalue weighted by Crippen LogP contribution is 2.40. The Balaban J connectivity index is 1.66. The van der Waals surface area contributed by atoms with Gasteiger partial charge in [0, 0.05) is 32.8 Å². The van der Waals surface area contributed by atoms with E-state index in [2.05, 4.69) is 108 Å². The summed E-state index contributed by atoms with van der Waals surface area (Å²) in [7, 11) is 0. The highest BCUT2D eigenvalue weighted by Gasteiger charge is 2.17. The molecule has 2 heterocycles. The van der Waals surface area contributed by atoms with Crippen LogP contribution in [-0.2, 0) is 0 Å². The lowest BCUT2D eigenvalue weighted by atomic mass is 10.0. The quantitative estimate of drug-likeness (QED) is 0.280. The molecule has 7 rings (SSSR count). The van der Waals surface area contributed by atoms with Crippen LogP contribution in [0.4, 0.5) is 0 Å².